The second-order valence-electron chi connectivity index (χ2n) is 11.2. The van der Waals surface area contributed by atoms with Crippen LogP contribution in [0.4, 0.5) is 0 Å². The van der Waals surface area contributed by atoms with Crippen LogP contribution in [0.25, 0.3) is 0 Å². The summed E-state index contributed by atoms with van der Waals surface area (Å²) in [5, 5.41) is 7.86. The first-order chi connectivity index (χ1) is 22.5. The van der Waals surface area contributed by atoms with Gasteiger partial charge in [0, 0.05) is 19.6 Å². The van der Waals surface area contributed by atoms with Gasteiger partial charge in [-0.1, -0.05) is 193 Å². The van der Waals surface area contributed by atoms with Crippen LogP contribution in [-0.2, 0) is 0 Å². The number of fused-ring (bicyclic) bond motifs is 2. The second kappa shape index (κ2) is 12.6. The van der Waals surface area contributed by atoms with Crippen molar-refractivity contribution in [2.75, 3.05) is 0 Å². The molecule has 0 aromatic heterocycles. The predicted octanol–water partition coefficient (Wildman–Crippen LogP) is 9.36. The van der Waals surface area contributed by atoms with Crippen molar-refractivity contribution in [1.82, 2.24) is 0 Å². The molecule has 0 spiro atoms. The van der Waals surface area contributed by atoms with Crippen LogP contribution in [-0.4, -0.2) is 12.6 Å². The smallest absolute Gasteiger partial charge is 0.0706 e. The molecule has 0 bridgehead atoms. The van der Waals surface area contributed by atoms with Crippen LogP contribution in [0, 0.1) is 0 Å². The van der Waals surface area contributed by atoms with E-state index in [0.29, 0.717) is 0 Å². The lowest BCUT2D eigenvalue weighted by atomic mass is 10.3. The van der Waals surface area contributed by atoms with Crippen LogP contribution in [0.3, 0.4) is 0 Å². The molecular formula is C40H30P2S4. The summed E-state index contributed by atoms with van der Waals surface area (Å²) in [4.78, 5) is 5.33. The Morgan fingerprint density at radius 2 is 0.587 bits per heavy atom. The molecule has 0 nitrogen and oxygen atoms in total. The first-order valence-electron chi connectivity index (χ1n) is 15.0. The minimum absolute atomic E-state index is 1.30. The maximum Gasteiger partial charge on any atom is 0.0706 e. The van der Waals surface area contributed by atoms with Gasteiger partial charge >= 0.3 is 0 Å². The molecule has 0 radical (unpaired) electrons. The Balaban J connectivity index is 1.12. The van der Waals surface area contributed by atoms with Gasteiger partial charge in [0.2, 0.25) is 0 Å². The van der Waals surface area contributed by atoms with Gasteiger partial charge in [-0.15, -0.1) is 0 Å². The molecule has 46 heavy (non-hydrogen) atoms. The molecule has 0 atom stereocenters. The SMILES string of the molecule is C=P(c1ccccc1)(c1ccccc1)c1ccc2c(c1)S/C(=C1\Sc3ccc(P(=C)(c4ccccc4)c4ccccc4)cc3S1)S2. The summed E-state index contributed by atoms with van der Waals surface area (Å²) < 4.78 is 2.74. The van der Waals surface area contributed by atoms with E-state index in [1.54, 1.807) is 0 Å². The van der Waals surface area contributed by atoms with Gasteiger partial charge in [0.05, 0.1) is 8.47 Å². The molecule has 6 aromatic rings. The lowest BCUT2D eigenvalue weighted by molar-refractivity contribution is 1.28. The van der Waals surface area contributed by atoms with E-state index in [2.05, 4.69) is 158 Å². The largest absolute Gasteiger partial charge is 0.0887 e. The molecule has 6 heteroatoms. The van der Waals surface area contributed by atoms with Crippen molar-refractivity contribution < 1.29 is 0 Å². The Bertz CT molecular complexity index is 1950. The van der Waals surface area contributed by atoms with E-state index < -0.39 is 13.8 Å². The average Bonchev–Trinajstić information content (AvgIpc) is 3.76. The standard InChI is InChI=1S/C40H30P2S4/c1-41(29-15-7-3-8-16-29,30-17-9-4-10-18-30)33-23-25-35-37(27-33)45-39(43-35)40-44-36-26-24-34(28-38(36)46-40)42(2,31-19-11-5-12-20-31)32-21-13-6-14-22-32/h3-28H,1-2H2/b40-39+. The highest BCUT2D eigenvalue weighted by Crippen LogP contribution is 2.62. The highest BCUT2D eigenvalue weighted by atomic mass is 32.2. The summed E-state index contributed by atoms with van der Waals surface area (Å²) in [7, 11) is 0. The minimum atomic E-state index is -2.03. The molecule has 0 amide bonds. The third kappa shape index (κ3) is 5.34. The van der Waals surface area contributed by atoms with Crippen molar-refractivity contribution in [1.29, 1.82) is 0 Å². The Morgan fingerprint density at radius 3 is 0.891 bits per heavy atom. The molecular weight excluding hydrogens is 671 g/mol. The van der Waals surface area contributed by atoms with E-state index >= 15 is 0 Å². The van der Waals surface area contributed by atoms with Gasteiger partial charge in [-0.05, 0) is 69.9 Å². The summed E-state index contributed by atoms with van der Waals surface area (Å²) in [5.74, 6) is 0. The first kappa shape index (κ1) is 30.4. The fourth-order valence-corrected chi connectivity index (χ4v) is 17.4. The maximum absolute atomic E-state index is 4.97. The zero-order valence-electron chi connectivity index (χ0n) is 25.0. The van der Waals surface area contributed by atoms with Gasteiger partial charge in [-0.3, -0.25) is 0 Å². The second-order valence-corrected chi connectivity index (χ2v) is 22.3. The van der Waals surface area contributed by atoms with Gasteiger partial charge < -0.3 is 0 Å². The number of thioether (sulfide) groups is 4. The minimum Gasteiger partial charge on any atom is -0.0887 e. The number of rotatable bonds is 6. The fourth-order valence-electron chi connectivity index (χ4n) is 6.03. The summed E-state index contributed by atoms with van der Waals surface area (Å²) in [6.07, 6.45) is 9.95. The van der Waals surface area contributed by atoms with Crippen LogP contribution in [0.15, 0.2) is 186 Å². The molecule has 0 N–H and O–H groups in total. The topological polar surface area (TPSA) is 0 Å². The molecule has 6 aromatic carbocycles. The summed E-state index contributed by atoms with van der Waals surface area (Å²) >= 11 is 7.64. The highest BCUT2D eigenvalue weighted by Gasteiger charge is 2.31. The zero-order valence-corrected chi connectivity index (χ0v) is 30.0. The van der Waals surface area contributed by atoms with E-state index in [1.165, 1.54) is 59.9 Å². The zero-order chi connectivity index (χ0) is 31.1. The molecule has 2 heterocycles. The molecule has 0 unspecified atom stereocenters. The van der Waals surface area contributed by atoms with Gasteiger partial charge in [0.15, 0.2) is 0 Å². The normalized spacial score (nSPS) is 15.8. The van der Waals surface area contributed by atoms with Crippen LogP contribution >= 0.6 is 60.8 Å². The molecule has 8 rings (SSSR count). The van der Waals surface area contributed by atoms with Crippen LogP contribution in [0.5, 0.6) is 0 Å². The Hall–Kier alpha value is -2.94. The average molecular weight is 701 g/mol. The van der Waals surface area contributed by atoms with E-state index in [4.69, 9.17) is 12.6 Å². The monoisotopic (exact) mass is 700 g/mol. The molecule has 0 saturated heterocycles. The van der Waals surface area contributed by atoms with Crippen molar-refractivity contribution in [2.24, 2.45) is 0 Å². The van der Waals surface area contributed by atoms with Crippen LogP contribution < -0.4 is 31.8 Å². The highest BCUT2D eigenvalue weighted by molar-refractivity contribution is 8.30. The third-order valence-corrected chi connectivity index (χ3v) is 21.1. The van der Waals surface area contributed by atoms with Crippen molar-refractivity contribution >= 4 is 105 Å². The van der Waals surface area contributed by atoms with Gasteiger partial charge in [-0.25, -0.2) is 0 Å². The summed E-state index contributed by atoms with van der Waals surface area (Å²) in [6.45, 7) is -4.05. The molecule has 2 aliphatic rings. The molecule has 2 aliphatic heterocycles. The van der Waals surface area contributed by atoms with Crippen LogP contribution in [0.2, 0.25) is 0 Å². The lowest BCUT2D eigenvalue weighted by Gasteiger charge is -2.27. The van der Waals surface area contributed by atoms with E-state index in [1.807, 2.05) is 47.0 Å². The van der Waals surface area contributed by atoms with Gasteiger partial charge in [0.25, 0.3) is 0 Å². The summed E-state index contributed by atoms with van der Waals surface area (Å²) in [5.41, 5.74) is 0. The quantitative estimate of drug-likeness (QED) is 0.159. The number of hydrogen-bond donors (Lipinski definition) is 0. The van der Waals surface area contributed by atoms with Gasteiger partial charge in [-0.2, -0.15) is 0 Å². The van der Waals surface area contributed by atoms with Crippen LogP contribution in [0.1, 0.15) is 0 Å². The van der Waals surface area contributed by atoms with Crippen molar-refractivity contribution in [3.05, 3.63) is 166 Å². The van der Waals surface area contributed by atoms with Crippen molar-refractivity contribution in [3.8, 4) is 0 Å². The van der Waals surface area contributed by atoms with Crippen molar-refractivity contribution in [2.45, 2.75) is 19.6 Å². The molecule has 0 fully saturated rings. The predicted molar refractivity (Wildman–Crippen MR) is 215 cm³/mol. The Morgan fingerprint density at radius 1 is 0.304 bits per heavy atom. The molecule has 0 saturated carbocycles. The number of hydrogen-bond acceptors (Lipinski definition) is 4. The van der Waals surface area contributed by atoms with E-state index in [9.17, 15) is 0 Å². The van der Waals surface area contributed by atoms with E-state index in [0.717, 1.165) is 0 Å². The van der Waals surface area contributed by atoms with Crippen molar-refractivity contribution in [3.63, 3.8) is 0 Å². The third-order valence-electron chi connectivity index (χ3n) is 8.50. The first-order valence-corrected chi connectivity index (χ1v) is 22.2. The van der Waals surface area contributed by atoms with Gasteiger partial charge in [0.1, 0.15) is 0 Å². The number of benzene rings is 6. The Kier molecular flexibility index (Phi) is 8.32. The van der Waals surface area contributed by atoms with E-state index in [-0.39, 0.29) is 0 Å². The maximum atomic E-state index is 4.97. The molecule has 224 valence electrons. The summed E-state index contributed by atoms with van der Waals surface area (Å²) in [6, 6.07) is 57.5. The Labute approximate surface area is 289 Å². The fraction of sp³-hybridized carbons (Fsp3) is 0. The lowest BCUT2D eigenvalue weighted by Crippen LogP contribution is -2.25. The molecule has 0 aliphatic carbocycles.